The maximum Gasteiger partial charge on any atom is 0.321 e. The summed E-state index contributed by atoms with van der Waals surface area (Å²) in [6.07, 6.45) is 0. The maximum absolute atomic E-state index is 9.76. The Morgan fingerprint density at radius 2 is 2.25 bits per heavy atom. The first-order valence-electron chi connectivity index (χ1n) is 1.77. The summed E-state index contributed by atoms with van der Waals surface area (Å²) in [6.45, 7) is 0. The van der Waals surface area contributed by atoms with Crippen LogP contribution in [0, 0.1) is 0 Å². The Kier molecular flexibility index (Phi) is 7.57. The summed E-state index contributed by atoms with van der Waals surface area (Å²) < 4.78 is 0. The molecule has 0 saturated carbocycles. The minimum Gasteiger partial charge on any atom is -0.480 e. The Hall–Kier alpha value is 0.299. The molecule has 0 heterocycles. The van der Waals surface area contributed by atoms with Crippen molar-refractivity contribution in [3.05, 3.63) is 0 Å². The van der Waals surface area contributed by atoms with Gasteiger partial charge in [-0.3, -0.25) is 4.79 Å². The van der Waals surface area contributed by atoms with E-state index in [1.165, 1.54) is 0 Å². The molecule has 0 aromatic carbocycles. The Labute approximate surface area is 63.5 Å². The molecule has 0 amide bonds. The molecule has 0 spiro atoms. The van der Waals surface area contributed by atoms with Crippen molar-refractivity contribution < 1.29 is 27.0 Å². The van der Waals surface area contributed by atoms with Gasteiger partial charge in [0, 0.05) is 22.8 Å². The minimum atomic E-state index is -1.00. The second-order valence-corrected chi connectivity index (χ2v) is 1.49. The molecule has 3 N–H and O–H groups in total. The normalized spacial score (nSPS) is 11.8. The van der Waals surface area contributed by atoms with Gasteiger partial charge in [-0.2, -0.15) is 12.6 Å². The van der Waals surface area contributed by atoms with Gasteiger partial charge in [0.2, 0.25) is 0 Å². The number of aliphatic carboxylic acids is 1. The molecule has 0 aliphatic heterocycles. The molecule has 0 fully saturated rings. The fourth-order valence-electron chi connectivity index (χ4n) is 0.0781. The zero-order chi connectivity index (χ0) is 5.86. The van der Waals surface area contributed by atoms with Gasteiger partial charge in [0.1, 0.15) is 6.04 Å². The third-order valence-corrected chi connectivity index (χ3v) is 0.907. The third kappa shape index (κ3) is 4.46. The Morgan fingerprint density at radius 1 is 1.88 bits per heavy atom. The SMILES string of the molecule is N[C@@H](CS)C(=O)O.[Mn]. The van der Waals surface area contributed by atoms with Gasteiger partial charge in [-0.1, -0.05) is 0 Å². The molecule has 0 aliphatic rings. The molecular formula is C3H7MnNO2S. The number of carboxylic acid groups (broad SMARTS) is 1. The zero-order valence-electron chi connectivity index (χ0n) is 4.04. The van der Waals surface area contributed by atoms with Crippen LogP contribution in [0.4, 0.5) is 0 Å². The van der Waals surface area contributed by atoms with Crippen molar-refractivity contribution >= 4 is 18.6 Å². The van der Waals surface area contributed by atoms with Gasteiger partial charge in [0.15, 0.2) is 0 Å². The van der Waals surface area contributed by atoms with E-state index < -0.39 is 12.0 Å². The van der Waals surface area contributed by atoms with Crippen molar-refractivity contribution in [2.75, 3.05) is 5.75 Å². The standard InChI is InChI=1S/C3H7NO2S.Mn/c4-2(1-7)3(5)6;/h2,7H,1,4H2,(H,5,6);/t2-;/m0./s1. The van der Waals surface area contributed by atoms with E-state index in [0.29, 0.717) is 0 Å². The largest absolute Gasteiger partial charge is 0.480 e. The van der Waals surface area contributed by atoms with Crippen molar-refractivity contribution in [2.24, 2.45) is 5.73 Å². The molecule has 0 bridgehead atoms. The van der Waals surface area contributed by atoms with Gasteiger partial charge in [-0.25, -0.2) is 0 Å². The van der Waals surface area contributed by atoms with Crippen LogP contribution >= 0.6 is 12.6 Å². The number of hydrogen-bond acceptors (Lipinski definition) is 3. The summed E-state index contributed by atoms with van der Waals surface area (Å²) >= 11 is 3.65. The van der Waals surface area contributed by atoms with Crippen molar-refractivity contribution in [1.29, 1.82) is 0 Å². The molecule has 1 atom stereocenters. The van der Waals surface area contributed by atoms with Gasteiger partial charge in [-0.15, -0.1) is 0 Å². The van der Waals surface area contributed by atoms with Crippen LogP contribution in [0.15, 0.2) is 0 Å². The fraction of sp³-hybridized carbons (Fsp3) is 0.667. The van der Waals surface area contributed by atoms with Crippen molar-refractivity contribution in [1.82, 2.24) is 0 Å². The molecule has 3 nitrogen and oxygen atoms in total. The zero-order valence-corrected chi connectivity index (χ0v) is 6.12. The second kappa shape index (κ2) is 5.44. The van der Waals surface area contributed by atoms with E-state index >= 15 is 0 Å². The van der Waals surface area contributed by atoms with E-state index in [2.05, 4.69) is 12.6 Å². The van der Waals surface area contributed by atoms with Crippen LogP contribution in [0.3, 0.4) is 0 Å². The summed E-state index contributed by atoms with van der Waals surface area (Å²) in [7, 11) is 0. The number of hydrogen-bond donors (Lipinski definition) is 3. The average molecular weight is 176 g/mol. The van der Waals surface area contributed by atoms with Crippen LogP contribution in [0.25, 0.3) is 0 Å². The van der Waals surface area contributed by atoms with Crippen LogP contribution < -0.4 is 5.73 Å². The summed E-state index contributed by atoms with van der Waals surface area (Å²) in [5, 5.41) is 8.01. The topological polar surface area (TPSA) is 63.3 Å². The molecule has 0 saturated heterocycles. The van der Waals surface area contributed by atoms with E-state index in [0.717, 1.165) is 0 Å². The van der Waals surface area contributed by atoms with Crippen molar-refractivity contribution in [3.63, 3.8) is 0 Å². The summed E-state index contributed by atoms with van der Waals surface area (Å²) in [5.74, 6) is -0.815. The first-order valence-corrected chi connectivity index (χ1v) is 2.41. The number of rotatable bonds is 2. The molecule has 0 rings (SSSR count). The molecule has 1 radical (unpaired) electrons. The third-order valence-electron chi connectivity index (χ3n) is 0.514. The Morgan fingerprint density at radius 3 is 2.25 bits per heavy atom. The monoisotopic (exact) mass is 176 g/mol. The molecule has 5 heteroatoms. The minimum absolute atomic E-state index is 0. The Balaban J connectivity index is 0. The summed E-state index contributed by atoms with van der Waals surface area (Å²) in [6, 6.07) is -0.816. The Bertz CT molecular complexity index is 79.7. The van der Waals surface area contributed by atoms with Gasteiger partial charge in [0.05, 0.1) is 0 Å². The van der Waals surface area contributed by atoms with E-state index in [9.17, 15) is 4.79 Å². The molecule has 0 aromatic rings. The van der Waals surface area contributed by atoms with Crippen LogP contribution in [0.5, 0.6) is 0 Å². The molecule has 0 aromatic heterocycles. The predicted molar refractivity (Wildman–Crippen MR) is 29.5 cm³/mol. The summed E-state index contributed by atoms with van der Waals surface area (Å²) in [5.41, 5.74) is 4.94. The van der Waals surface area contributed by atoms with Crippen LogP contribution in [0.1, 0.15) is 0 Å². The number of carboxylic acids is 1. The molecule has 49 valence electrons. The summed E-state index contributed by atoms with van der Waals surface area (Å²) in [4.78, 5) is 9.76. The number of thiol groups is 1. The van der Waals surface area contributed by atoms with Crippen LogP contribution in [-0.2, 0) is 21.9 Å². The number of nitrogens with two attached hydrogens (primary N) is 1. The molecule has 8 heavy (non-hydrogen) atoms. The van der Waals surface area contributed by atoms with Gasteiger partial charge < -0.3 is 10.8 Å². The van der Waals surface area contributed by atoms with E-state index in [4.69, 9.17) is 10.8 Å². The molecular weight excluding hydrogens is 169 g/mol. The first-order chi connectivity index (χ1) is 3.18. The average Bonchev–Trinajstić information content (AvgIpc) is 1.65. The van der Waals surface area contributed by atoms with Crippen LogP contribution in [-0.4, -0.2) is 22.9 Å². The quantitative estimate of drug-likeness (QED) is 0.386. The fourth-order valence-corrected chi connectivity index (χ4v) is 0.234. The van der Waals surface area contributed by atoms with Crippen molar-refractivity contribution in [2.45, 2.75) is 6.04 Å². The maximum atomic E-state index is 9.76. The smallest absolute Gasteiger partial charge is 0.321 e. The first kappa shape index (κ1) is 11.1. The van der Waals surface area contributed by atoms with E-state index in [1.807, 2.05) is 0 Å². The molecule has 0 unspecified atom stereocenters. The molecule has 0 aliphatic carbocycles. The van der Waals surface area contributed by atoms with E-state index in [-0.39, 0.29) is 22.8 Å². The van der Waals surface area contributed by atoms with Gasteiger partial charge >= 0.3 is 5.97 Å². The predicted octanol–water partition coefficient (Wildman–Crippen LogP) is -0.674. The second-order valence-electron chi connectivity index (χ2n) is 1.13. The van der Waals surface area contributed by atoms with E-state index in [1.54, 1.807) is 0 Å². The van der Waals surface area contributed by atoms with Crippen LogP contribution in [0.2, 0.25) is 0 Å². The van der Waals surface area contributed by atoms with Gasteiger partial charge in [-0.05, 0) is 0 Å². The number of carbonyl (C=O) groups is 1. The van der Waals surface area contributed by atoms with Crippen molar-refractivity contribution in [3.8, 4) is 0 Å². The van der Waals surface area contributed by atoms with Gasteiger partial charge in [0.25, 0.3) is 0 Å².